The van der Waals surface area contributed by atoms with Crippen molar-refractivity contribution in [3.05, 3.63) is 46.7 Å². The molecule has 10 heteroatoms. The molecule has 5 fully saturated rings. The molecule has 4 saturated carbocycles. The second-order valence-electron chi connectivity index (χ2n) is 11.4. The third-order valence-electron chi connectivity index (χ3n) is 8.80. The van der Waals surface area contributed by atoms with Gasteiger partial charge in [-0.05, 0) is 75.0 Å². The number of carboxylic acids is 1. The highest BCUT2D eigenvalue weighted by Crippen LogP contribution is 2.55. The number of halogens is 1. The minimum Gasteiger partial charge on any atom is -0.478 e. The molecule has 3 unspecified atom stereocenters. The number of hydrogen-bond acceptors (Lipinski definition) is 7. The molecule has 2 aromatic rings. The minimum atomic E-state index is -1.06. The Hall–Kier alpha value is -2.91. The van der Waals surface area contributed by atoms with E-state index in [1.807, 2.05) is 17.0 Å². The van der Waals surface area contributed by atoms with Crippen molar-refractivity contribution < 1.29 is 19.8 Å². The summed E-state index contributed by atoms with van der Waals surface area (Å²) in [4.78, 5) is 37.7. The molecule has 3 atom stereocenters. The molecule has 5 aliphatic rings. The molecule has 0 aromatic carbocycles. The van der Waals surface area contributed by atoms with Crippen LogP contribution in [0.4, 0.5) is 11.6 Å². The van der Waals surface area contributed by atoms with Crippen molar-refractivity contribution in [1.29, 1.82) is 0 Å². The fourth-order valence-electron chi connectivity index (χ4n) is 7.42. The van der Waals surface area contributed by atoms with Gasteiger partial charge in [0.2, 0.25) is 0 Å². The summed E-state index contributed by atoms with van der Waals surface area (Å²) in [6.45, 7) is 4.01. The fourth-order valence-corrected chi connectivity index (χ4v) is 7.71. The van der Waals surface area contributed by atoms with E-state index in [9.17, 15) is 14.7 Å². The van der Waals surface area contributed by atoms with E-state index in [1.165, 1.54) is 12.3 Å². The molecule has 1 amide bonds. The van der Waals surface area contributed by atoms with Crippen molar-refractivity contribution in [2.24, 2.45) is 17.8 Å². The number of carboxylic acid groups (broad SMARTS) is 1. The molecule has 3 heterocycles. The maximum Gasteiger partial charge on any atom is 0.337 e. The molecule has 0 spiro atoms. The highest BCUT2D eigenvalue weighted by Gasteiger charge is 2.55. The van der Waals surface area contributed by atoms with E-state index in [2.05, 4.69) is 22.1 Å². The lowest BCUT2D eigenvalue weighted by atomic mass is 9.52. The summed E-state index contributed by atoms with van der Waals surface area (Å²) < 4.78 is 0. The van der Waals surface area contributed by atoms with Crippen molar-refractivity contribution in [3.8, 4) is 0 Å². The third-order valence-corrected chi connectivity index (χ3v) is 9.07. The number of nitrogens with one attached hydrogen (secondary N) is 1. The predicted octanol–water partition coefficient (Wildman–Crippen LogP) is 3.21. The van der Waals surface area contributed by atoms with Crippen LogP contribution in [-0.4, -0.2) is 69.4 Å². The largest absolute Gasteiger partial charge is 0.478 e. The molecule has 0 radical (unpaired) electrons. The summed E-state index contributed by atoms with van der Waals surface area (Å²) in [5.74, 6) is 1.40. The van der Waals surface area contributed by atoms with Crippen LogP contribution in [0, 0.1) is 17.8 Å². The van der Waals surface area contributed by atoms with E-state index >= 15 is 0 Å². The second kappa shape index (κ2) is 9.13. The van der Waals surface area contributed by atoms with Crippen molar-refractivity contribution in [2.45, 2.75) is 56.7 Å². The SMILES string of the molecule is CC1CN(c2ncc(C(=O)O)cc2Cl)CCN1c1cccc(C(=O)NC2C3CC4CC2CC(O)(C4)C3)n1. The number of carbonyl (C=O) groups excluding carboxylic acids is 1. The standard InChI is InChI=1S/C27H32ClN5O4/c1-15-14-32(24-20(28)9-19(13-29-24)26(35)36)5-6-33(15)22-4-2-3-21(30-22)25(34)31-23-17-7-16-8-18(23)12-27(37,10-16)11-17/h2-4,9,13,15-18,23,37H,5-8,10-12,14H2,1H3,(H,31,34)(H,35,36). The average molecular weight is 526 g/mol. The van der Waals surface area contributed by atoms with Gasteiger partial charge in [-0.2, -0.15) is 0 Å². The van der Waals surface area contributed by atoms with Crippen LogP contribution in [-0.2, 0) is 0 Å². The van der Waals surface area contributed by atoms with Crippen molar-refractivity contribution in [1.82, 2.24) is 15.3 Å². The first-order chi connectivity index (χ1) is 17.7. The zero-order valence-corrected chi connectivity index (χ0v) is 21.6. The number of hydrogen-bond donors (Lipinski definition) is 3. The Balaban J connectivity index is 1.13. The van der Waals surface area contributed by atoms with Crippen LogP contribution in [0.25, 0.3) is 0 Å². The molecule has 1 saturated heterocycles. The van der Waals surface area contributed by atoms with Gasteiger partial charge in [0.15, 0.2) is 0 Å². The van der Waals surface area contributed by atoms with E-state index in [1.54, 1.807) is 6.07 Å². The Morgan fingerprint density at radius 1 is 1.16 bits per heavy atom. The predicted molar refractivity (Wildman–Crippen MR) is 139 cm³/mol. The van der Waals surface area contributed by atoms with Gasteiger partial charge in [0, 0.05) is 37.9 Å². The van der Waals surface area contributed by atoms with E-state index in [0.29, 0.717) is 53.9 Å². The molecule has 7 rings (SSSR count). The molecule has 4 aliphatic carbocycles. The minimum absolute atomic E-state index is 0.0595. The maximum absolute atomic E-state index is 13.3. The van der Waals surface area contributed by atoms with Gasteiger partial charge in [-0.15, -0.1) is 0 Å². The van der Waals surface area contributed by atoms with E-state index in [-0.39, 0.29) is 23.6 Å². The summed E-state index contributed by atoms with van der Waals surface area (Å²) in [5, 5.41) is 23.6. The summed E-state index contributed by atoms with van der Waals surface area (Å²) in [6.07, 6.45) is 6.02. The van der Waals surface area contributed by atoms with Crippen LogP contribution in [0.1, 0.15) is 59.9 Å². The van der Waals surface area contributed by atoms with Crippen molar-refractivity contribution >= 4 is 35.1 Å². The summed E-state index contributed by atoms with van der Waals surface area (Å²) >= 11 is 6.34. The quantitative estimate of drug-likeness (QED) is 0.544. The van der Waals surface area contributed by atoms with Gasteiger partial charge in [-0.3, -0.25) is 4.79 Å². The van der Waals surface area contributed by atoms with Crippen LogP contribution >= 0.6 is 11.6 Å². The molecule has 2 aromatic heterocycles. The number of aliphatic hydroxyl groups is 1. The number of carbonyl (C=O) groups is 2. The van der Waals surface area contributed by atoms with Gasteiger partial charge >= 0.3 is 5.97 Å². The lowest BCUT2D eigenvalue weighted by Gasteiger charge is -2.58. The van der Waals surface area contributed by atoms with Gasteiger partial charge in [0.05, 0.1) is 16.2 Å². The Kier molecular flexibility index (Phi) is 6.03. The van der Waals surface area contributed by atoms with Crippen LogP contribution < -0.4 is 15.1 Å². The van der Waals surface area contributed by atoms with Gasteiger partial charge in [-0.25, -0.2) is 14.8 Å². The number of rotatable bonds is 5. The smallest absolute Gasteiger partial charge is 0.337 e. The number of anilines is 2. The summed E-state index contributed by atoms with van der Waals surface area (Å²) in [6, 6.07) is 7.17. The van der Waals surface area contributed by atoms with Gasteiger partial charge in [0.25, 0.3) is 5.91 Å². The summed E-state index contributed by atoms with van der Waals surface area (Å²) in [7, 11) is 0. The lowest BCUT2D eigenvalue weighted by molar-refractivity contribution is -0.136. The van der Waals surface area contributed by atoms with Crippen LogP contribution in [0.15, 0.2) is 30.5 Å². The highest BCUT2D eigenvalue weighted by molar-refractivity contribution is 6.33. The molecule has 1 aliphatic heterocycles. The zero-order chi connectivity index (χ0) is 25.9. The molecule has 3 N–H and O–H groups in total. The first-order valence-electron chi connectivity index (χ1n) is 13.1. The number of pyridine rings is 2. The van der Waals surface area contributed by atoms with Crippen molar-refractivity contribution in [2.75, 3.05) is 29.4 Å². The molecular formula is C27H32ClN5O4. The van der Waals surface area contributed by atoms with E-state index in [4.69, 9.17) is 21.7 Å². The van der Waals surface area contributed by atoms with Gasteiger partial charge in [-0.1, -0.05) is 17.7 Å². The normalized spacial score (nSPS) is 32.5. The number of piperazine rings is 1. The Morgan fingerprint density at radius 3 is 2.57 bits per heavy atom. The Bertz CT molecular complexity index is 1230. The number of aromatic carboxylic acids is 1. The fraction of sp³-hybridized carbons (Fsp3) is 0.556. The lowest BCUT2D eigenvalue weighted by Crippen LogP contribution is -2.61. The highest BCUT2D eigenvalue weighted by atomic mass is 35.5. The number of aromatic nitrogens is 2. The van der Waals surface area contributed by atoms with Crippen molar-refractivity contribution in [3.63, 3.8) is 0 Å². The first kappa shape index (κ1) is 24.4. The monoisotopic (exact) mass is 525 g/mol. The van der Waals surface area contributed by atoms with Gasteiger partial charge in [0.1, 0.15) is 17.3 Å². The van der Waals surface area contributed by atoms with Gasteiger partial charge < -0.3 is 25.3 Å². The number of nitrogens with zero attached hydrogens (tertiary/aromatic N) is 4. The first-order valence-corrected chi connectivity index (χ1v) is 13.5. The Labute approximate surface area is 220 Å². The molecule has 4 bridgehead atoms. The molecule has 9 nitrogen and oxygen atoms in total. The number of amides is 1. The third kappa shape index (κ3) is 4.52. The maximum atomic E-state index is 13.3. The van der Waals surface area contributed by atoms with E-state index < -0.39 is 11.6 Å². The summed E-state index contributed by atoms with van der Waals surface area (Å²) in [5.41, 5.74) is -0.0514. The Morgan fingerprint density at radius 2 is 1.92 bits per heavy atom. The molecule has 196 valence electrons. The van der Waals surface area contributed by atoms with E-state index in [0.717, 1.165) is 37.9 Å². The zero-order valence-electron chi connectivity index (χ0n) is 20.8. The second-order valence-corrected chi connectivity index (χ2v) is 11.8. The van der Waals surface area contributed by atoms with Crippen LogP contribution in [0.5, 0.6) is 0 Å². The molecule has 37 heavy (non-hydrogen) atoms. The topological polar surface area (TPSA) is 119 Å². The van der Waals surface area contributed by atoms with Crippen LogP contribution in [0.3, 0.4) is 0 Å². The average Bonchev–Trinajstić information content (AvgIpc) is 2.85. The van der Waals surface area contributed by atoms with Crippen LogP contribution in [0.2, 0.25) is 5.02 Å². The molecular weight excluding hydrogens is 494 g/mol.